The molecule has 2 aromatic carbocycles. The molecule has 3 atom stereocenters. The summed E-state index contributed by atoms with van der Waals surface area (Å²) in [5.41, 5.74) is 3.23. The summed E-state index contributed by atoms with van der Waals surface area (Å²) in [6.45, 7) is 17.2. The molecule has 0 saturated carbocycles. The van der Waals surface area contributed by atoms with E-state index in [-0.39, 0.29) is 30.1 Å². The van der Waals surface area contributed by atoms with Crippen molar-refractivity contribution < 1.29 is 17.1 Å². The van der Waals surface area contributed by atoms with Gasteiger partial charge in [-0.05, 0) is 61.9 Å². The first-order valence-corrected chi connectivity index (χ1v) is 15.7. The molecule has 2 nitrogen and oxygen atoms in total. The minimum atomic E-state index is -0.136. The minimum Gasteiger partial charge on any atom is -0.313 e. The Morgan fingerprint density at radius 1 is 0.914 bits per heavy atom. The minimum absolute atomic E-state index is 0. The van der Waals surface area contributed by atoms with Gasteiger partial charge in [-0.1, -0.05) is 47.7 Å². The van der Waals surface area contributed by atoms with Crippen LogP contribution in [0.2, 0.25) is 0 Å². The predicted molar refractivity (Wildman–Crippen MR) is 157 cm³/mol. The van der Waals surface area contributed by atoms with Gasteiger partial charge in [0.25, 0.3) is 0 Å². The number of rotatable bonds is 9. The molecular weight excluding hydrogens is 506 g/mol. The molecule has 0 aliphatic carbocycles. The SMILES string of the molecule is CCC(C)(C)P(Cc1cc[cH-]c1C(P)(C1CCCN1)C1CCCN1)C(C)(C)CC.[Fe+2].c1cc[cH-]c1. The quantitative estimate of drug-likeness (QED) is 0.188. The van der Waals surface area contributed by atoms with E-state index < -0.39 is 0 Å². The van der Waals surface area contributed by atoms with Gasteiger partial charge in [-0.25, -0.2) is 18.2 Å². The Morgan fingerprint density at radius 3 is 1.80 bits per heavy atom. The van der Waals surface area contributed by atoms with Crippen molar-refractivity contribution in [3.05, 3.63) is 59.7 Å². The predicted octanol–water partition coefficient (Wildman–Crippen LogP) is 7.74. The molecule has 2 saturated heterocycles. The Morgan fingerprint density at radius 2 is 1.43 bits per heavy atom. The Labute approximate surface area is 230 Å². The van der Waals surface area contributed by atoms with Gasteiger partial charge in [-0.3, -0.25) is 0 Å². The van der Waals surface area contributed by atoms with Crippen molar-refractivity contribution in [2.75, 3.05) is 13.1 Å². The molecular formula is C30H50FeN2P2. The molecule has 2 aliphatic rings. The van der Waals surface area contributed by atoms with Crippen LogP contribution in [0.4, 0.5) is 0 Å². The van der Waals surface area contributed by atoms with Crippen molar-refractivity contribution in [3.8, 4) is 0 Å². The molecule has 0 bridgehead atoms. The van der Waals surface area contributed by atoms with Crippen molar-refractivity contribution in [2.24, 2.45) is 0 Å². The van der Waals surface area contributed by atoms with Gasteiger partial charge in [-0.15, -0.1) is 17.2 Å². The van der Waals surface area contributed by atoms with E-state index in [0.29, 0.717) is 22.4 Å². The average molecular weight is 557 g/mol. The Balaban J connectivity index is 0.000000640. The van der Waals surface area contributed by atoms with Crippen LogP contribution in [0.1, 0.15) is 91.2 Å². The van der Waals surface area contributed by atoms with Gasteiger partial charge in [0.15, 0.2) is 0 Å². The molecule has 0 aromatic heterocycles. The van der Waals surface area contributed by atoms with E-state index in [1.807, 2.05) is 30.3 Å². The van der Waals surface area contributed by atoms with E-state index in [1.54, 1.807) is 11.1 Å². The third-order valence-corrected chi connectivity index (χ3v) is 14.1. The van der Waals surface area contributed by atoms with Crippen molar-refractivity contribution in [3.63, 3.8) is 0 Å². The smallest absolute Gasteiger partial charge is 0.313 e. The van der Waals surface area contributed by atoms with Crippen LogP contribution in [-0.4, -0.2) is 35.5 Å². The summed E-state index contributed by atoms with van der Waals surface area (Å²) in [6.07, 6.45) is 8.99. The zero-order valence-electron chi connectivity index (χ0n) is 23.0. The zero-order chi connectivity index (χ0) is 24.8. The van der Waals surface area contributed by atoms with Crippen LogP contribution in [0, 0.1) is 0 Å². The first-order valence-electron chi connectivity index (χ1n) is 13.6. The van der Waals surface area contributed by atoms with Crippen LogP contribution < -0.4 is 10.6 Å². The fraction of sp³-hybridized carbons (Fsp3) is 0.667. The third kappa shape index (κ3) is 7.31. The summed E-state index contributed by atoms with van der Waals surface area (Å²) in [4.78, 5) is 0. The molecule has 0 radical (unpaired) electrons. The van der Waals surface area contributed by atoms with E-state index >= 15 is 0 Å². The molecule has 0 spiro atoms. The van der Waals surface area contributed by atoms with Gasteiger partial charge in [0.05, 0.1) is 0 Å². The summed E-state index contributed by atoms with van der Waals surface area (Å²) >= 11 is 0. The van der Waals surface area contributed by atoms with Crippen molar-refractivity contribution in [1.82, 2.24) is 10.6 Å². The van der Waals surface area contributed by atoms with E-state index in [2.05, 4.69) is 79.6 Å². The summed E-state index contributed by atoms with van der Waals surface area (Å²) < 4.78 is 0. The molecule has 0 amide bonds. The Kier molecular flexibility index (Phi) is 12.2. The van der Waals surface area contributed by atoms with Crippen LogP contribution in [0.15, 0.2) is 48.5 Å². The first-order chi connectivity index (χ1) is 16.2. The normalized spacial score (nSPS) is 22.4. The molecule has 2 N–H and O–H groups in total. The van der Waals surface area contributed by atoms with Gasteiger partial charge in [0.2, 0.25) is 0 Å². The van der Waals surface area contributed by atoms with Gasteiger partial charge in [0, 0.05) is 17.2 Å². The van der Waals surface area contributed by atoms with Gasteiger partial charge >= 0.3 is 17.1 Å². The van der Waals surface area contributed by atoms with E-state index in [0.717, 1.165) is 0 Å². The number of hydrogen-bond acceptors (Lipinski definition) is 2. The summed E-state index contributed by atoms with van der Waals surface area (Å²) in [5, 5.41) is 8.66. The molecule has 2 heterocycles. The molecule has 2 fully saturated rings. The monoisotopic (exact) mass is 556 g/mol. The Hall–Kier alpha value is -0.000519. The fourth-order valence-electron chi connectivity index (χ4n) is 5.94. The van der Waals surface area contributed by atoms with Crippen LogP contribution in [-0.2, 0) is 28.4 Å². The first kappa shape index (κ1) is 31.2. The molecule has 3 unspecified atom stereocenters. The molecule has 198 valence electrons. The van der Waals surface area contributed by atoms with Gasteiger partial charge in [0.1, 0.15) is 0 Å². The summed E-state index contributed by atoms with van der Waals surface area (Å²) in [7, 11) is 3.24. The fourth-order valence-corrected chi connectivity index (χ4v) is 10.7. The van der Waals surface area contributed by atoms with Gasteiger partial charge in [-0.2, -0.15) is 41.5 Å². The summed E-state index contributed by atoms with van der Waals surface area (Å²) in [6, 6.07) is 18.4. The molecule has 4 rings (SSSR count). The largest absolute Gasteiger partial charge is 2.00 e. The zero-order valence-corrected chi connectivity index (χ0v) is 26.2. The molecule has 5 heteroatoms. The van der Waals surface area contributed by atoms with Crippen LogP contribution in [0.5, 0.6) is 0 Å². The maximum atomic E-state index is 3.87. The number of nitrogens with one attached hydrogen (secondary N) is 2. The summed E-state index contributed by atoms with van der Waals surface area (Å²) in [5.74, 6) is 0. The second-order valence-electron chi connectivity index (χ2n) is 11.6. The van der Waals surface area contributed by atoms with E-state index in [1.165, 1.54) is 57.8 Å². The van der Waals surface area contributed by atoms with Crippen LogP contribution in [0.3, 0.4) is 0 Å². The number of hydrogen-bond donors (Lipinski definition) is 2. The van der Waals surface area contributed by atoms with Crippen molar-refractivity contribution in [2.45, 2.75) is 114 Å². The Bertz CT molecular complexity index is 781. The molecule has 35 heavy (non-hydrogen) atoms. The average Bonchev–Trinajstić information content (AvgIpc) is 3.64. The maximum absolute atomic E-state index is 3.87. The topological polar surface area (TPSA) is 24.1 Å². The second kappa shape index (κ2) is 13.7. The maximum Gasteiger partial charge on any atom is 2.00 e. The van der Waals surface area contributed by atoms with E-state index in [4.69, 9.17) is 0 Å². The third-order valence-electron chi connectivity index (χ3n) is 8.72. The molecule has 2 aromatic rings. The van der Waals surface area contributed by atoms with Crippen molar-refractivity contribution in [1.29, 1.82) is 0 Å². The van der Waals surface area contributed by atoms with E-state index in [9.17, 15) is 0 Å². The van der Waals surface area contributed by atoms with Crippen LogP contribution >= 0.6 is 17.2 Å². The second-order valence-corrected chi connectivity index (χ2v) is 16.1. The van der Waals surface area contributed by atoms with Crippen LogP contribution in [0.25, 0.3) is 0 Å². The molecule has 2 aliphatic heterocycles. The van der Waals surface area contributed by atoms with Gasteiger partial charge < -0.3 is 10.6 Å². The van der Waals surface area contributed by atoms with Crippen molar-refractivity contribution >= 4 is 17.2 Å². The standard InChI is InChI=1S/C25H45N2P2.C5H5.Fe/c1-7-23(3,4)29(24(5,6)8-2)18-19-12-9-13-20(19)25(28,21-14-10-16-26-21)22-15-11-17-27-22;1-2-4-5-3-1;/h9,12-13,21-22,26-27H,7-8,10-11,14-18,28H2,1-6H3;1-5H;/q2*-1;+2.